The van der Waals surface area contributed by atoms with Gasteiger partial charge in [0.05, 0.1) is 0 Å². The van der Waals surface area contributed by atoms with E-state index in [1.165, 1.54) is 32.1 Å². The van der Waals surface area contributed by atoms with Gasteiger partial charge in [-0.25, -0.2) is 0 Å². The highest BCUT2D eigenvalue weighted by molar-refractivity contribution is 9.09. The molecule has 0 aliphatic heterocycles. The molecule has 0 bridgehead atoms. The first-order chi connectivity index (χ1) is 6.68. The van der Waals surface area contributed by atoms with Crippen molar-refractivity contribution >= 4 is 21.8 Å². The van der Waals surface area contributed by atoms with Crippen LogP contribution < -0.4 is 5.32 Å². The van der Waals surface area contributed by atoms with Crippen molar-refractivity contribution in [2.45, 2.75) is 50.3 Å². The highest BCUT2D eigenvalue weighted by atomic mass is 79.9. The van der Waals surface area contributed by atoms with Crippen LogP contribution in [-0.2, 0) is 4.79 Å². The topological polar surface area (TPSA) is 29.1 Å². The number of hydrogen-bond acceptors (Lipinski definition) is 1. The molecule has 1 saturated carbocycles. The average molecular weight is 262 g/mol. The minimum absolute atomic E-state index is 0.225. The fourth-order valence-electron chi connectivity index (χ4n) is 1.98. The smallest absolute Gasteiger partial charge is 0.220 e. The molecule has 0 aromatic heterocycles. The molecule has 3 heteroatoms. The fraction of sp³-hybridized carbons (Fsp3) is 0.909. The van der Waals surface area contributed by atoms with Crippen molar-refractivity contribution in [2.24, 2.45) is 5.92 Å². The van der Waals surface area contributed by atoms with Gasteiger partial charge in [0, 0.05) is 17.8 Å². The van der Waals surface area contributed by atoms with Gasteiger partial charge in [0.25, 0.3) is 0 Å². The number of carbonyl (C=O) groups excluding carboxylic acids is 1. The average Bonchev–Trinajstić information content (AvgIpc) is 2.16. The summed E-state index contributed by atoms with van der Waals surface area (Å²) in [6.07, 6.45) is 7.21. The molecule has 1 fully saturated rings. The van der Waals surface area contributed by atoms with E-state index in [0.717, 1.165) is 13.0 Å². The van der Waals surface area contributed by atoms with Crippen molar-refractivity contribution in [1.29, 1.82) is 0 Å². The summed E-state index contributed by atoms with van der Waals surface area (Å²) in [6.45, 7) is 2.78. The molecule has 0 aromatic carbocycles. The number of hydrogen-bond donors (Lipinski definition) is 1. The summed E-state index contributed by atoms with van der Waals surface area (Å²) >= 11 is 3.41. The Hall–Kier alpha value is -0.0500. The third kappa shape index (κ3) is 4.99. The second-order valence-corrected chi connectivity index (χ2v) is 5.86. The zero-order valence-corrected chi connectivity index (χ0v) is 10.5. The highest BCUT2D eigenvalue weighted by Gasteiger charge is 2.16. The Kier molecular flexibility index (Phi) is 5.53. The monoisotopic (exact) mass is 261 g/mol. The van der Waals surface area contributed by atoms with Crippen molar-refractivity contribution in [3.8, 4) is 0 Å². The van der Waals surface area contributed by atoms with Gasteiger partial charge in [-0.05, 0) is 18.8 Å². The maximum Gasteiger partial charge on any atom is 0.220 e. The maximum absolute atomic E-state index is 11.5. The van der Waals surface area contributed by atoms with E-state index in [1.54, 1.807) is 0 Å². The number of carbonyl (C=O) groups is 1. The zero-order chi connectivity index (χ0) is 10.4. The largest absolute Gasteiger partial charge is 0.355 e. The maximum atomic E-state index is 11.5. The van der Waals surface area contributed by atoms with Gasteiger partial charge in [-0.1, -0.05) is 42.1 Å². The van der Waals surface area contributed by atoms with Crippen LogP contribution in [0.5, 0.6) is 0 Å². The number of amides is 1. The zero-order valence-electron chi connectivity index (χ0n) is 8.89. The summed E-state index contributed by atoms with van der Waals surface area (Å²) in [5.74, 6) is 0.873. The van der Waals surface area contributed by atoms with Crippen LogP contribution in [0.4, 0.5) is 0 Å². The van der Waals surface area contributed by atoms with Gasteiger partial charge in [0.15, 0.2) is 0 Å². The third-order valence-electron chi connectivity index (χ3n) is 2.78. The van der Waals surface area contributed by atoms with Crippen LogP contribution in [0.15, 0.2) is 0 Å². The Bertz CT molecular complexity index is 176. The molecule has 14 heavy (non-hydrogen) atoms. The minimum atomic E-state index is 0.225. The van der Waals surface area contributed by atoms with Gasteiger partial charge in [-0.15, -0.1) is 0 Å². The van der Waals surface area contributed by atoms with Crippen LogP contribution in [-0.4, -0.2) is 17.3 Å². The second-order valence-electron chi connectivity index (χ2n) is 4.29. The molecule has 0 radical (unpaired) electrons. The van der Waals surface area contributed by atoms with E-state index in [9.17, 15) is 4.79 Å². The number of halogens is 1. The van der Waals surface area contributed by atoms with Crippen molar-refractivity contribution in [3.63, 3.8) is 0 Å². The minimum Gasteiger partial charge on any atom is -0.355 e. The highest BCUT2D eigenvalue weighted by Crippen LogP contribution is 2.25. The first kappa shape index (κ1) is 12.0. The summed E-state index contributed by atoms with van der Waals surface area (Å²) < 4.78 is 0. The summed E-state index contributed by atoms with van der Waals surface area (Å²) in [7, 11) is 0. The van der Waals surface area contributed by atoms with Crippen LogP contribution in [0, 0.1) is 5.92 Å². The summed E-state index contributed by atoms with van der Waals surface area (Å²) in [5.41, 5.74) is 0. The first-order valence-electron chi connectivity index (χ1n) is 5.59. The lowest BCUT2D eigenvalue weighted by Gasteiger charge is -2.20. The predicted octanol–water partition coefficient (Wildman–Crippen LogP) is 2.86. The Morgan fingerprint density at radius 1 is 1.43 bits per heavy atom. The molecule has 1 unspecified atom stereocenters. The Morgan fingerprint density at radius 3 is 2.64 bits per heavy atom. The van der Waals surface area contributed by atoms with E-state index in [0.29, 0.717) is 10.7 Å². The third-order valence-corrected chi connectivity index (χ3v) is 3.10. The van der Waals surface area contributed by atoms with Crippen molar-refractivity contribution in [1.82, 2.24) is 5.32 Å². The lowest BCUT2D eigenvalue weighted by atomic mass is 9.87. The molecule has 1 atom stereocenters. The molecule has 0 heterocycles. The number of alkyl halides is 1. The molecule has 1 amide bonds. The molecule has 2 nitrogen and oxygen atoms in total. The van der Waals surface area contributed by atoms with E-state index in [-0.39, 0.29) is 5.91 Å². The number of nitrogens with one attached hydrogen (secondary N) is 1. The molecule has 82 valence electrons. The fourth-order valence-corrected chi connectivity index (χ4v) is 2.14. The number of rotatable bonds is 4. The van der Waals surface area contributed by atoms with Gasteiger partial charge in [0.1, 0.15) is 0 Å². The summed E-state index contributed by atoms with van der Waals surface area (Å²) in [5, 5.41) is 2.94. The molecule has 1 aliphatic rings. The van der Waals surface area contributed by atoms with Crippen LogP contribution in [0.1, 0.15) is 45.4 Å². The Morgan fingerprint density at radius 2 is 2.07 bits per heavy atom. The van der Waals surface area contributed by atoms with Crippen LogP contribution in [0.3, 0.4) is 0 Å². The van der Waals surface area contributed by atoms with E-state index in [2.05, 4.69) is 21.2 Å². The van der Waals surface area contributed by atoms with E-state index in [4.69, 9.17) is 0 Å². The van der Waals surface area contributed by atoms with Gasteiger partial charge in [-0.3, -0.25) is 4.79 Å². The predicted molar refractivity (Wildman–Crippen MR) is 62.6 cm³/mol. The quantitative estimate of drug-likeness (QED) is 0.775. The van der Waals surface area contributed by atoms with Crippen molar-refractivity contribution < 1.29 is 4.79 Å². The van der Waals surface area contributed by atoms with Crippen LogP contribution in [0.25, 0.3) is 0 Å². The molecular weight excluding hydrogens is 242 g/mol. The molecule has 1 aliphatic carbocycles. The van der Waals surface area contributed by atoms with E-state index in [1.807, 2.05) is 6.92 Å². The van der Waals surface area contributed by atoms with Gasteiger partial charge in [0.2, 0.25) is 5.91 Å². The standard InChI is InChI=1S/C11H20BrNO/c1-9(12)8-13-11(14)7-10-5-3-2-4-6-10/h9-10H,2-8H2,1H3,(H,13,14). The Balaban J connectivity index is 2.12. The van der Waals surface area contributed by atoms with E-state index < -0.39 is 0 Å². The molecule has 1 N–H and O–H groups in total. The summed E-state index contributed by atoms with van der Waals surface area (Å²) in [4.78, 5) is 11.9. The molecule has 0 aromatic rings. The lowest BCUT2D eigenvalue weighted by molar-refractivity contribution is -0.122. The van der Waals surface area contributed by atoms with Gasteiger partial charge < -0.3 is 5.32 Å². The van der Waals surface area contributed by atoms with Crippen molar-refractivity contribution in [3.05, 3.63) is 0 Å². The normalized spacial score (nSPS) is 20.4. The summed E-state index contributed by atoms with van der Waals surface area (Å²) in [6, 6.07) is 0. The van der Waals surface area contributed by atoms with Crippen LogP contribution >= 0.6 is 15.9 Å². The van der Waals surface area contributed by atoms with Crippen molar-refractivity contribution in [2.75, 3.05) is 6.54 Å². The SMILES string of the molecule is CC(Br)CNC(=O)CC1CCCCC1. The second kappa shape index (κ2) is 6.44. The Labute approximate surface area is 95.0 Å². The molecule has 0 spiro atoms. The molecule has 1 rings (SSSR count). The van der Waals surface area contributed by atoms with Crippen LogP contribution in [0.2, 0.25) is 0 Å². The van der Waals surface area contributed by atoms with E-state index >= 15 is 0 Å². The molecular formula is C11H20BrNO. The lowest BCUT2D eigenvalue weighted by Crippen LogP contribution is -2.30. The molecule has 0 saturated heterocycles. The van der Waals surface area contributed by atoms with Gasteiger partial charge in [-0.2, -0.15) is 0 Å². The van der Waals surface area contributed by atoms with Gasteiger partial charge >= 0.3 is 0 Å². The first-order valence-corrected chi connectivity index (χ1v) is 6.51.